The van der Waals surface area contributed by atoms with Gasteiger partial charge in [0.1, 0.15) is 11.6 Å². The Bertz CT molecular complexity index is 982. The summed E-state index contributed by atoms with van der Waals surface area (Å²) in [6.07, 6.45) is 0.645. The first kappa shape index (κ1) is 19.0. The zero-order chi connectivity index (χ0) is 20.7. The van der Waals surface area contributed by atoms with Gasteiger partial charge >= 0.3 is 0 Å². The Labute approximate surface area is 168 Å². The van der Waals surface area contributed by atoms with Crippen LogP contribution in [0.15, 0.2) is 24.3 Å². The predicted molar refractivity (Wildman–Crippen MR) is 107 cm³/mol. The van der Waals surface area contributed by atoms with Crippen LogP contribution in [0.3, 0.4) is 0 Å². The lowest BCUT2D eigenvalue weighted by Gasteiger charge is -2.20. The summed E-state index contributed by atoms with van der Waals surface area (Å²) in [6.45, 7) is 2.14. The fourth-order valence-corrected chi connectivity index (χ4v) is 3.77. The summed E-state index contributed by atoms with van der Waals surface area (Å²) >= 11 is 0. The van der Waals surface area contributed by atoms with E-state index in [0.29, 0.717) is 30.4 Å². The van der Waals surface area contributed by atoms with Gasteiger partial charge in [-0.1, -0.05) is 6.92 Å². The van der Waals surface area contributed by atoms with E-state index >= 15 is 0 Å². The van der Waals surface area contributed by atoms with Crippen molar-refractivity contribution in [2.24, 2.45) is 18.9 Å². The van der Waals surface area contributed by atoms with Crippen molar-refractivity contribution in [1.29, 1.82) is 0 Å². The number of amides is 3. The molecule has 2 aliphatic heterocycles. The third-order valence-electron chi connectivity index (χ3n) is 5.47. The monoisotopic (exact) mass is 397 g/mol. The third kappa shape index (κ3) is 3.43. The summed E-state index contributed by atoms with van der Waals surface area (Å²) < 4.78 is 6.70. The van der Waals surface area contributed by atoms with E-state index in [2.05, 4.69) is 15.7 Å². The van der Waals surface area contributed by atoms with Crippen molar-refractivity contribution in [2.45, 2.75) is 19.8 Å². The van der Waals surface area contributed by atoms with Gasteiger partial charge in [-0.2, -0.15) is 5.10 Å². The highest BCUT2D eigenvalue weighted by molar-refractivity contribution is 6.04. The lowest BCUT2D eigenvalue weighted by molar-refractivity contribution is -0.122. The number of aromatic nitrogens is 2. The molecule has 3 amide bonds. The number of rotatable bonds is 4. The molecular weight excluding hydrogens is 374 g/mol. The molecule has 0 bridgehead atoms. The molecule has 0 unspecified atom stereocenters. The first-order valence-corrected chi connectivity index (χ1v) is 9.49. The highest BCUT2D eigenvalue weighted by Crippen LogP contribution is 2.32. The third-order valence-corrected chi connectivity index (χ3v) is 5.47. The summed E-state index contributed by atoms with van der Waals surface area (Å²) in [5, 5.41) is 10.0. The molecule has 2 aliphatic rings. The fraction of sp³-hybridized carbons (Fsp3) is 0.400. The molecule has 9 heteroatoms. The number of nitrogens with zero attached hydrogens (tertiary/aromatic N) is 3. The first-order valence-electron chi connectivity index (χ1n) is 9.49. The molecule has 1 aromatic heterocycles. The zero-order valence-electron chi connectivity index (χ0n) is 16.6. The Balaban J connectivity index is 1.48. The van der Waals surface area contributed by atoms with Gasteiger partial charge in [0, 0.05) is 37.2 Å². The van der Waals surface area contributed by atoms with E-state index in [1.807, 2.05) is 6.92 Å². The molecule has 9 nitrogen and oxygen atoms in total. The van der Waals surface area contributed by atoms with Gasteiger partial charge in [0.25, 0.3) is 0 Å². The lowest BCUT2D eigenvalue weighted by Crippen LogP contribution is -2.30. The molecule has 2 atom stereocenters. The molecule has 152 valence electrons. The van der Waals surface area contributed by atoms with Crippen LogP contribution in [-0.4, -0.2) is 41.2 Å². The standard InChI is InChI=1S/C20H23N5O4/c1-11-8-15-17(23-24(2)18(15)22-19(11)27)21-20(28)12-9-16(26)25(10-12)13-4-6-14(29-3)7-5-13/h4-7,11-12H,8-10H2,1-3H3,(H,22,27)(H,21,23,28)/t11-,12-/m1/s1. The SMILES string of the molecule is COc1ccc(N2C[C@H](C(=O)Nc3nn(C)c4c3C[C@@H](C)C(=O)N4)CC2=O)cc1. The van der Waals surface area contributed by atoms with Crippen molar-refractivity contribution < 1.29 is 19.1 Å². The smallest absolute Gasteiger partial charge is 0.231 e. The average Bonchev–Trinajstić information content (AvgIpc) is 3.23. The number of methoxy groups -OCH3 is 1. The number of fused-ring (bicyclic) bond motifs is 1. The number of benzene rings is 1. The number of hydrogen-bond donors (Lipinski definition) is 2. The second-order valence-electron chi connectivity index (χ2n) is 7.49. The number of ether oxygens (including phenoxy) is 1. The molecule has 29 heavy (non-hydrogen) atoms. The minimum Gasteiger partial charge on any atom is -0.497 e. The Morgan fingerprint density at radius 2 is 1.97 bits per heavy atom. The summed E-state index contributed by atoms with van der Waals surface area (Å²) in [7, 11) is 3.30. The summed E-state index contributed by atoms with van der Waals surface area (Å²) in [5.74, 6) is 0.671. The lowest BCUT2D eigenvalue weighted by atomic mass is 9.97. The van der Waals surface area contributed by atoms with Gasteiger partial charge in [0.05, 0.1) is 13.0 Å². The van der Waals surface area contributed by atoms with E-state index in [4.69, 9.17) is 4.74 Å². The van der Waals surface area contributed by atoms with E-state index in [1.54, 1.807) is 48.0 Å². The molecular formula is C20H23N5O4. The molecule has 4 rings (SSSR count). The van der Waals surface area contributed by atoms with E-state index in [0.717, 1.165) is 11.3 Å². The van der Waals surface area contributed by atoms with Crippen molar-refractivity contribution in [1.82, 2.24) is 9.78 Å². The number of carbonyl (C=O) groups is 3. The largest absolute Gasteiger partial charge is 0.497 e. The van der Waals surface area contributed by atoms with Crippen LogP contribution >= 0.6 is 0 Å². The van der Waals surface area contributed by atoms with Crippen LogP contribution in [0.2, 0.25) is 0 Å². The second-order valence-corrected chi connectivity index (χ2v) is 7.49. The van der Waals surface area contributed by atoms with Gasteiger partial charge in [-0.25, -0.2) is 0 Å². The maximum Gasteiger partial charge on any atom is 0.231 e. The predicted octanol–water partition coefficient (Wildman–Crippen LogP) is 1.55. The molecule has 0 aliphatic carbocycles. The van der Waals surface area contributed by atoms with Crippen LogP contribution in [0.4, 0.5) is 17.3 Å². The molecule has 3 heterocycles. The zero-order valence-corrected chi connectivity index (χ0v) is 16.6. The number of carbonyl (C=O) groups excluding carboxylic acids is 3. The van der Waals surface area contributed by atoms with Crippen molar-refractivity contribution >= 4 is 35.0 Å². The Morgan fingerprint density at radius 1 is 1.24 bits per heavy atom. The van der Waals surface area contributed by atoms with E-state index in [1.165, 1.54) is 0 Å². The molecule has 1 aromatic carbocycles. The van der Waals surface area contributed by atoms with E-state index in [-0.39, 0.29) is 30.1 Å². The van der Waals surface area contributed by atoms with Crippen molar-refractivity contribution in [3.05, 3.63) is 29.8 Å². The highest BCUT2D eigenvalue weighted by atomic mass is 16.5. The number of anilines is 3. The van der Waals surface area contributed by atoms with Gasteiger partial charge in [0.15, 0.2) is 5.82 Å². The van der Waals surface area contributed by atoms with Crippen LogP contribution in [0, 0.1) is 11.8 Å². The molecule has 0 spiro atoms. The van der Waals surface area contributed by atoms with E-state index in [9.17, 15) is 14.4 Å². The Hall–Kier alpha value is -3.36. The number of hydrogen-bond acceptors (Lipinski definition) is 5. The normalized spacial score (nSPS) is 21.0. The summed E-state index contributed by atoms with van der Waals surface area (Å²) in [6, 6.07) is 7.17. The molecule has 1 saturated heterocycles. The van der Waals surface area contributed by atoms with E-state index < -0.39 is 5.92 Å². The van der Waals surface area contributed by atoms with Gasteiger partial charge in [0.2, 0.25) is 17.7 Å². The first-order chi connectivity index (χ1) is 13.9. The number of aryl methyl sites for hydroxylation is 1. The van der Waals surface area contributed by atoms with Crippen molar-refractivity contribution in [3.8, 4) is 5.75 Å². The topological polar surface area (TPSA) is 106 Å². The highest BCUT2D eigenvalue weighted by Gasteiger charge is 2.36. The van der Waals surface area contributed by atoms with Crippen LogP contribution in [0.25, 0.3) is 0 Å². The molecule has 2 aromatic rings. The molecule has 0 saturated carbocycles. The fourth-order valence-electron chi connectivity index (χ4n) is 3.77. The van der Waals surface area contributed by atoms with Crippen LogP contribution in [0.1, 0.15) is 18.9 Å². The molecule has 0 radical (unpaired) electrons. The second kappa shape index (κ2) is 7.23. The molecule has 1 fully saturated rings. The summed E-state index contributed by atoms with van der Waals surface area (Å²) in [4.78, 5) is 38.8. The maximum absolute atomic E-state index is 12.8. The van der Waals surface area contributed by atoms with Crippen molar-refractivity contribution in [3.63, 3.8) is 0 Å². The Morgan fingerprint density at radius 3 is 2.66 bits per heavy atom. The average molecular weight is 397 g/mol. The van der Waals surface area contributed by atoms with Gasteiger partial charge in [-0.05, 0) is 30.7 Å². The van der Waals surface area contributed by atoms with Gasteiger partial charge < -0.3 is 20.3 Å². The van der Waals surface area contributed by atoms with Crippen molar-refractivity contribution in [2.75, 3.05) is 29.2 Å². The van der Waals surface area contributed by atoms with Crippen LogP contribution < -0.4 is 20.3 Å². The summed E-state index contributed by atoms with van der Waals surface area (Å²) in [5.41, 5.74) is 1.54. The molecule has 2 N–H and O–H groups in total. The minimum absolute atomic E-state index is 0.0603. The quantitative estimate of drug-likeness (QED) is 0.814. The van der Waals surface area contributed by atoms with Crippen LogP contribution in [0.5, 0.6) is 5.75 Å². The van der Waals surface area contributed by atoms with Gasteiger partial charge in [-0.3, -0.25) is 19.1 Å². The number of nitrogens with one attached hydrogen (secondary N) is 2. The Kier molecular flexibility index (Phi) is 4.73. The maximum atomic E-state index is 12.8. The van der Waals surface area contributed by atoms with Crippen LogP contribution in [-0.2, 0) is 27.9 Å². The van der Waals surface area contributed by atoms with Gasteiger partial charge in [-0.15, -0.1) is 0 Å². The minimum atomic E-state index is -0.474.